The molecule has 0 spiro atoms. The second-order valence-corrected chi connectivity index (χ2v) is 5.52. The van der Waals surface area contributed by atoms with Gasteiger partial charge in [0.05, 0.1) is 6.54 Å². The lowest BCUT2D eigenvalue weighted by molar-refractivity contribution is 0.165. The molecule has 114 valence electrons. The highest BCUT2D eigenvalue weighted by molar-refractivity contribution is 5.54. The highest BCUT2D eigenvalue weighted by atomic mass is 16.5. The Morgan fingerprint density at radius 3 is 2.57 bits per heavy atom. The lowest BCUT2D eigenvalue weighted by atomic mass is 10.1. The van der Waals surface area contributed by atoms with Crippen LogP contribution in [0.5, 0.6) is 0 Å². The van der Waals surface area contributed by atoms with Gasteiger partial charge in [-0.25, -0.2) is 0 Å². The van der Waals surface area contributed by atoms with Crippen LogP contribution in [-0.2, 0) is 6.54 Å². The molecule has 0 aliphatic carbocycles. The Morgan fingerprint density at radius 2 is 1.95 bits per heavy atom. The van der Waals surface area contributed by atoms with Crippen molar-refractivity contribution in [2.24, 2.45) is 0 Å². The number of nitrogens with zero attached hydrogens (tertiary/aromatic N) is 3. The number of hydrogen-bond donors (Lipinski definition) is 1. The topological polar surface area (TPSA) is 62.4 Å². The summed E-state index contributed by atoms with van der Waals surface area (Å²) in [6.45, 7) is 7.91. The van der Waals surface area contributed by atoms with Crippen LogP contribution in [0, 0.1) is 6.92 Å². The lowest BCUT2D eigenvalue weighted by Gasteiger charge is -2.24. The minimum absolute atomic E-state index is 0.196. The number of rotatable bonds is 7. The van der Waals surface area contributed by atoms with E-state index in [9.17, 15) is 0 Å². The molecule has 2 aromatic rings. The van der Waals surface area contributed by atoms with Crippen LogP contribution in [0.15, 0.2) is 28.8 Å². The van der Waals surface area contributed by atoms with Crippen molar-refractivity contribution in [1.29, 1.82) is 0 Å². The first-order chi connectivity index (χ1) is 10.1. The molecular weight excluding hydrogens is 266 g/mol. The Bertz CT molecular complexity index is 549. The van der Waals surface area contributed by atoms with Gasteiger partial charge in [0.25, 0.3) is 0 Å². The van der Waals surface area contributed by atoms with E-state index in [4.69, 9.17) is 9.63 Å². The maximum absolute atomic E-state index is 8.96. The fourth-order valence-electron chi connectivity index (χ4n) is 2.11. The molecule has 0 bridgehead atoms. The number of aliphatic hydroxyl groups excluding tert-OH is 1. The average Bonchev–Trinajstić information content (AvgIpc) is 2.92. The minimum atomic E-state index is 0.196. The van der Waals surface area contributed by atoms with E-state index in [0.29, 0.717) is 24.3 Å². The molecule has 0 radical (unpaired) electrons. The van der Waals surface area contributed by atoms with Crippen molar-refractivity contribution < 1.29 is 9.63 Å². The van der Waals surface area contributed by atoms with Gasteiger partial charge in [0, 0.05) is 24.8 Å². The monoisotopic (exact) mass is 289 g/mol. The normalized spacial score (nSPS) is 11.5. The molecular formula is C16H23N3O2. The number of aliphatic hydroxyl groups is 1. The van der Waals surface area contributed by atoms with E-state index >= 15 is 0 Å². The molecule has 5 heteroatoms. The van der Waals surface area contributed by atoms with Crippen LogP contribution in [0.2, 0.25) is 0 Å². The molecule has 0 saturated carbocycles. The Labute approximate surface area is 125 Å². The van der Waals surface area contributed by atoms with Crippen molar-refractivity contribution in [2.45, 2.75) is 39.8 Å². The first-order valence-electron chi connectivity index (χ1n) is 7.34. The summed E-state index contributed by atoms with van der Waals surface area (Å²) in [5.41, 5.74) is 2.17. The van der Waals surface area contributed by atoms with E-state index in [1.807, 2.05) is 31.2 Å². The van der Waals surface area contributed by atoms with Crippen LogP contribution in [0.25, 0.3) is 11.4 Å². The Balaban J connectivity index is 2.06. The summed E-state index contributed by atoms with van der Waals surface area (Å²) in [7, 11) is 0. The van der Waals surface area contributed by atoms with Crippen molar-refractivity contribution in [3.8, 4) is 11.4 Å². The van der Waals surface area contributed by atoms with Gasteiger partial charge in [-0.3, -0.25) is 4.90 Å². The van der Waals surface area contributed by atoms with Crippen LogP contribution in [0.3, 0.4) is 0 Å². The van der Waals surface area contributed by atoms with Crippen molar-refractivity contribution in [2.75, 3.05) is 13.2 Å². The third-order valence-electron chi connectivity index (χ3n) is 3.45. The van der Waals surface area contributed by atoms with E-state index in [1.54, 1.807) is 0 Å². The highest BCUT2D eigenvalue weighted by Crippen LogP contribution is 2.17. The third kappa shape index (κ3) is 4.37. The predicted molar refractivity (Wildman–Crippen MR) is 81.7 cm³/mol. The molecule has 21 heavy (non-hydrogen) atoms. The maximum Gasteiger partial charge on any atom is 0.241 e. The summed E-state index contributed by atoms with van der Waals surface area (Å²) in [5, 5.41) is 13.0. The Kier molecular flexibility index (Phi) is 5.47. The predicted octanol–water partition coefficient (Wildman–Crippen LogP) is 2.64. The summed E-state index contributed by atoms with van der Waals surface area (Å²) in [5.74, 6) is 1.23. The fourth-order valence-corrected chi connectivity index (χ4v) is 2.11. The zero-order chi connectivity index (χ0) is 15.2. The van der Waals surface area contributed by atoms with Crippen LogP contribution >= 0.6 is 0 Å². The maximum atomic E-state index is 8.96. The van der Waals surface area contributed by atoms with Gasteiger partial charge in [-0.15, -0.1) is 0 Å². The SMILES string of the molecule is Cc1ccc(-c2noc(CN(CCCO)C(C)C)n2)cc1. The molecule has 0 saturated heterocycles. The standard InChI is InChI=1S/C16H23N3O2/c1-12(2)19(9-4-10-20)11-15-17-16(18-21-15)14-7-5-13(3)6-8-14/h5-8,12,20H,4,9-11H2,1-3H3. The van der Waals surface area contributed by atoms with Crippen molar-refractivity contribution >= 4 is 0 Å². The Hall–Kier alpha value is -1.72. The number of aromatic nitrogens is 2. The molecule has 1 N–H and O–H groups in total. The quantitative estimate of drug-likeness (QED) is 0.849. The van der Waals surface area contributed by atoms with E-state index in [-0.39, 0.29) is 6.61 Å². The van der Waals surface area contributed by atoms with Gasteiger partial charge >= 0.3 is 0 Å². The molecule has 0 aliphatic rings. The Morgan fingerprint density at radius 1 is 1.24 bits per heavy atom. The van der Waals surface area contributed by atoms with Gasteiger partial charge in [-0.2, -0.15) is 4.98 Å². The second kappa shape index (κ2) is 7.33. The molecule has 0 amide bonds. The van der Waals surface area contributed by atoms with Crippen LogP contribution in [0.4, 0.5) is 0 Å². The van der Waals surface area contributed by atoms with E-state index in [0.717, 1.165) is 18.5 Å². The fraction of sp³-hybridized carbons (Fsp3) is 0.500. The molecule has 1 aromatic heterocycles. The number of aryl methyl sites for hydroxylation is 1. The first kappa shape index (κ1) is 15.7. The molecule has 0 aliphatic heterocycles. The van der Waals surface area contributed by atoms with Gasteiger partial charge in [0.15, 0.2) is 0 Å². The summed E-state index contributed by atoms with van der Waals surface area (Å²) in [6.07, 6.45) is 0.747. The molecule has 0 unspecified atom stereocenters. The summed E-state index contributed by atoms with van der Waals surface area (Å²) < 4.78 is 5.34. The first-order valence-corrected chi connectivity index (χ1v) is 7.34. The summed E-state index contributed by atoms with van der Waals surface area (Å²) in [6, 6.07) is 8.43. The van der Waals surface area contributed by atoms with E-state index < -0.39 is 0 Å². The molecule has 0 atom stereocenters. The van der Waals surface area contributed by atoms with E-state index in [2.05, 4.69) is 28.9 Å². The van der Waals surface area contributed by atoms with Gasteiger partial charge < -0.3 is 9.63 Å². The zero-order valence-electron chi connectivity index (χ0n) is 12.9. The van der Waals surface area contributed by atoms with E-state index in [1.165, 1.54) is 5.56 Å². The van der Waals surface area contributed by atoms with Gasteiger partial charge in [0.1, 0.15) is 0 Å². The highest BCUT2D eigenvalue weighted by Gasteiger charge is 2.15. The van der Waals surface area contributed by atoms with Crippen molar-refractivity contribution in [3.05, 3.63) is 35.7 Å². The van der Waals surface area contributed by atoms with Gasteiger partial charge in [0.2, 0.25) is 11.7 Å². The second-order valence-electron chi connectivity index (χ2n) is 5.52. The largest absolute Gasteiger partial charge is 0.396 e. The van der Waals surface area contributed by atoms with Crippen molar-refractivity contribution in [1.82, 2.24) is 15.0 Å². The number of benzene rings is 1. The molecule has 0 fully saturated rings. The third-order valence-corrected chi connectivity index (χ3v) is 3.45. The average molecular weight is 289 g/mol. The smallest absolute Gasteiger partial charge is 0.241 e. The number of hydrogen-bond acceptors (Lipinski definition) is 5. The molecule has 1 aromatic carbocycles. The van der Waals surface area contributed by atoms with Crippen LogP contribution in [-0.4, -0.2) is 39.3 Å². The minimum Gasteiger partial charge on any atom is -0.396 e. The zero-order valence-corrected chi connectivity index (χ0v) is 12.9. The molecule has 1 heterocycles. The molecule has 2 rings (SSSR count). The lowest BCUT2D eigenvalue weighted by Crippen LogP contribution is -2.31. The van der Waals surface area contributed by atoms with Crippen molar-refractivity contribution in [3.63, 3.8) is 0 Å². The van der Waals surface area contributed by atoms with Gasteiger partial charge in [-0.1, -0.05) is 35.0 Å². The summed E-state index contributed by atoms with van der Waals surface area (Å²) >= 11 is 0. The molecule has 5 nitrogen and oxygen atoms in total. The summed E-state index contributed by atoms with van der Waals surface area (Å²) in [4.78, 5) is 6.67. The van der Waals surface area contributed by atoms with Crippen LogP contribution in [0.1, 0.15) is 31.7 Å². The van der Waals surface area contributed by atoms with Crippen LogP contribution < -0.4 is 0 Å². The van der Waals surface area contributed by atoms with Gasteiger partial charge in [-0.05, 0) is 27.2 Å².